The van der Waals surface area contributed by atoms with Gasteiger partial charge in [0.1, 0.15) is 0 Å². The Kier molecular flexibility index (Phi) is 5.03. The van der Waals surface area contributed by atoms with E-state index in [9.17, 15) is 0 Å². The standard InChI is InChI=1S/C12H26N2O/c1-9-5-10(2)12(6-13)14(7-9)8-11(3)15-4/h9-12H,5-8,13H2,1-4H3. The smallest absolute Gasteiger partial charge is 0.0670 e. The highest BCUT2D eigenvalue weighted by Crippen LogP contribution is 2.26. The van der Waals surface area contributed by atoms with Crippen LogP contribution in [0.5, 0.6) is 0 Å². The normalized spacial score (nSPS) is 35.4. The number of piperidine rings is 1. The number of hydrogen-bond donors (Lipinski definition) is 1. The molecule has 1 heterocycles. The van der Waals surface area contributed by atoms with Gasteiger partial charge in [-0.15, -0.1) is 0 Å². The Morgan fingerprint density at radius 2 is 2.13 bits per heavy atom. The van der Waals surface area contributed by atoms with Crippen LogP contribution in [0.3, 0.4) is 0 Å². The molecule has 0 aliphatic carbocycles. The summed E-state index contributed by atoms with van der Waals surface area (Å²) in [6.45, 7) is 9.71. The van der Waals surface area contributed by atoms with E-state index in [0.29, 0.717) is 18.1 Å². The lowest BCUT2D eigenvalue weighted by Crippen LogP contribution is -2.53. The highest BCUT2D eigenvalue weighted by Gasteiger charge is 2.31. The summed E-state index contributed by atoms with van der Waals surface area (Å²) in [4.78, 5) is 2.51. The first-order chi connectivity index (χ1) is 7.08. The van der Waals surface area contributed by atoms with Gasteiger partial charge < -0.3 is 10.5 Å². The van der Waals surface area contributed by atoms with Crippen LogP contribution in [0.1, 0.15) is 27.2 Å². The molecule has 0 saturated carbocycles. The molecule has 0 radical (unpaired) electrons. The molecule has 3 heteroatoms. The minimum atomic E-state index is 0.302. The lowest BCUT2D eigenvalue weighted by atomic mass is 9.85. The van der Waals surface area contributed by atoms with Crippen LogP contribution in [0.4, 0.5) is 0 Å². The second-order valence-corrected chi connectivity index (χ2v) is 5.12. The van der Waals surface area contributed by atoms with Gasteiger partial charge in [0.15, 0.2) is 0 Å². The van der Waals surface area contributed by atoms with Crippen LogP contribution in [-0.2, 0) is 4.74 Å². The maximum Gasteiger partial charge on any atom is 0.0670 e. The largest absolute Gasteiger partial charge is 0.380 e. The van der Waals surface area contributed by atoms with Crippen molar-refractivity contribution in [2.45, 2.75) is 39.3 Å². The summed E-state index contributed by atoms with van der Waals surface area (Å²) in [6, 6.07) is 0.541. The molecular weight excluding hydrogens is 188 g/mol. The van der Waals surface area contributed by atoms with Crippen molar-refractivity contribution in [3.63, 3.8) is 0 Å². The zero-order chi connectivity index (χ0) is 11.4. The number of ether oxygens (including phenoxy) is 1. The molecule has 3 nitrogen and oxygen atoms in total. The molecule has 0 spiro atoms. The van der Waals surface area contributed by atoms with Crippen LogP contribution in [0.2, 0.25) is 0 Å². The van der Waals surface area contributed by atoms with Gasteiger partial charge in [-0.3, -0.25) is 4.90 Å². The van der Waals surface area contributed by atoms with Crippen LogP contribution >= 0.6 is 0 Å². The van der Waals surface area contributed by atoms with E-state index >= 15 is 0 Å². The monoisotopic (exact) mass is 214 g/mol. The summed E-state index contributed by atoms with van der Waals surface area (Å²) >= 11 is 0. The van der Waals surface area contributed by atoms with E-state index in [2.05, 4.69) is 25.7 Å². The van der Waals surface area contributed by atoms with Gasteiger partial charge >= 0.3 is 0 Å². The van der Waals surface area contributed by atoms with E-state index in [-0.39, 0.29) is 0 Å². The molecule has 0 amide bonds. The lowest BCUT2D eigenvalue weighted by molar-refractivity contribution is 0.0164. The number of rotatable bonds is 4. The fourth-order valence-corrected chi connectivity index (χ4v) is 2.76. The molecule has 0 bridgehead atoms. The molecule has 0 aromatic rings. The van der Waals surface area contributed by atoms with Gasteiger partial charge in [-0.25, -0.2) is 0 Å². The van der Waals surface area contributed by atoms with Crippen molar-refractivity contribution in [2.24, 2.45) is 17.6 Å². The summed E-state index contributed by atoms with van der Waals surface area (Å²) in [6.07, 6.45) is 1.61. The van der Waals surface area contributed by atoms with E-state index in [1.807, 2.05) is 0 Å². The van der Waals surface area contributed by atoms with Gasteiger partial charge in [-0.1, -0.05) is 13.8 Å². The molecule has 4 unspecified atom stereocenters. The third-order valence-electron chi connectivity index (χ3n) is 3.58. The molecule has 1 aliphatic rings. The molecule has 90 valence electrons. The van der Waals surface area contributed by atoms with Crippen molar-refractivity contribution in [1.82, 2.24) is 4.90 Å². The molecule has 0 aromatic carbocycles. The molecule has 1 aliphatic heterocycles. The van der Waals surface area contributed by atoms with Gasteiger partial charge in [-0.2, -0.15) is 0 Å². The third-order valence-corrected chi connectivity index (χ3v) is 3.58. The number of nitrogens with zero attached hydrogens (tertiary/aromatic N) is 1. The summed E-state index contributed by atoms with van der Waals surface area (Å²) in [5.74, 6) is 1.50. The molecular formula is C12H26N2O. The van der Waals surface area contributed by atoms with Crippen LogP contribution in [0, 0.1) is 11.8 Å². The average molecular weight is 214 g/mol. The molecule has 2 N–H and O–H groups in total. The quantitative estimate of drug-likeness (QED) is 0.767. The molecule has 15 heavy (non-hydrogen) atoms. The van der Waals surface area contributed by atoms with Crippen LogP contribution in [0.25, 0.3) is 0 Å². The molecule has 1 saturated heterocycles. The maximum atomic E-state index is 5.86. The Balaban J connectivity index is 2.57. The Labute approximate surface area is 94.0 Å². The summed E-state index contributed by atoms with van der Waals surface area (Å²) in [5.41, 5.74) is 5.86. The number of likely N-dealkylation sites (tertiary alicyclic amines) is 1. The first kappa shape index (κ1) is 12.9. The van der Waals surface area contributed by atoms with Crippen molar-refractivity contribution in [2.75, 3.05) is 26.7 Å². The first-order valence-electron chi connectivity index (χ1n) is 6.05. The minimum Gasteiger partial charge on any atom is -0.380 e. The van der Waals surface area contributed by atoms with E-state index < -0.39 is 0 Å². The van der Waals surface area contributed by atoms with Crippen molar-refractivity contribution < 1.29 is 4.74 Å². The van der Waals surface area contributed by atoms with E-state index in [1.165, 1.54) is 13.0 Å². The van der Waals surface area contributed by atoms with Gasteiger partial charge in [0.2, 0.25) is 0 Å². The van der Waals surface area contributed by atoms with Gasteiger partial charge in [0, 0.05) is 32.8 Å². The number of methoxy groups -OCH3 is 1. The van der Waals surface area contributed by atoms with Crippen molar-refractivity contribution in [1.29, 1.82) is 0 Å². The highest BCUT2D eigenvalue weighted by molar-refractivity contribution is 4.86. The lowest BCUT2D eigenvalue weighted by Gasteiger charge is -2.43. The second kappa shape index (κ2) is 5.83. The number of hydrogen-bond acceptors (Lipinski definition) is 3. The zero-order valence-corrected chi connectivity index (χ0v) is 10.6. The van der Waals surface area contributed by atoms with Crippen LogP contribution < -0.4 is 5.73 Å². The minimum absolute atomic E-state index is 0.302. The van der Waals surface area contributed by atoms with Gasteiger partial charge in [0.05, 0.1) is 6.10 Å². The van der Waals surface area contributed by atoms with E-state index in [0.717, 1.165) is 19.0 Å². The summed E-state index contributed by atoms with van der Waals surface area (Å²) in [7, 11) is 1.78. The van der Waals surface area contributed by atoms with Crippen molar-refractivity contribution >= 4 is 0 Å². The third kappa shape index (κ3) is 3.44. The number of nitrogens with two attached hydrogens (primary N) is 1. The fourth-order valence-electron chi connectivity index (χ4n) is 2.76. The summed E-state index contributed by atoms with van der Waals surface area (Å²) in [5, 5.41) is 0. The summed E-state index contributed by atoms with van der Waals surface area (Å²) < 4.78 is 5.33. The Morgan fingerprint density at radius 3 is 2.67 bits per heavy atom. The van der Waals surface area contributed by atoms with Crippen molar-refractivity contribution in [3.8, 4) is 0 Å². The van der Waals surface area contributed by atoms with E-state index in [4.69, 9.17) is 10.5 Å². The zero-order valence-electron chi connectivity index (χ0n) is 10.6. The molecule has 1 fully saturated rings. The van der Waals surface area contributed by atoms with Crippen LogP contribution in [-0.4, -0.2) is 43.8 Å². The van der Waals surface area contributed by atoms with Gasteiger partial charge in [-0.05, 0) is 25.2 Å². The van der Waals surface area contributed by atoms with Crippen molar-refractivity contribution in [3.05, 3.63) is 0 Å². The Morgan fingerprint density at radius 1 is 1.47 bits per heavy atom. The Hall–Kier alpha value is -0.120. The predicted octanol–water partition coefficient (Wildman–Crippen LogP) is 1.33. The maximum absolute atomic E-state index is 5.86. The SMILES string of the molecule is COC(C)CN1CC(C)CC(C)C1CN. The predicted molar refractivity (Wildman–Crippen MR) is 63.8 cm³/mol. The molecule has 0 aromatic heterocycles. The second-order valence-electron chi connectivity index (χ2n) is 5.12. The highest BCUT2D eigenvalue weighted by atomic mass is 16.5. The molecule has 1 rings (SSSR count). The van der Waals surface area contributed by atoms with E-state index in [1.54, 1.807) is 7.11 Å². The van der Waals surface area contributed by atoms with Crippen LogP contribution in [0.15, 0.2) is 0 Å². The first-order valence-corrected chi connectivity index (χ1v) is 6.05. The van der Waals surface area contributed by atoms with Gasteiger partial charge in [0.25, 0.3) is 0 Å². The fraction of sp³-hybridized carbons (Fsp3) is 1.00. The molecule has 4 atom stereocenters. The Bertz CT molecular complexity index is 186. The average Bonchev–Trinajstić information content (AvgIpc) is 2.17. The topological polar surface area (TPSA) is 38.5 Å².